The van der Waals surface area contributed by atoms with Crippen LogP contribution in [0.1, 0.15) is 45.6 Å². The van der Waals surface area contributed by atoms with Crippen molar-refractivity contribution in [2.75, 3.05) is 26.3 Å². The minimum atomic E-state index is 0.591. The van der Waals surface area contributed by atoms with Crippen molar-refractivity contribution in [3.05, 3.63) is 35.9 Å². The summed E-state index contributed by atoms with van der Waals surface area (Å²) in [5.41, 5.74) is 1.44. The fourth-order valence-electron chi connectivity index (χ4n) is 2.31. The zero-order valence-electron chi connectivity index (χ0n) is 13.6. The molecule has 0 spiro atoms. The van der Waals surface area contributed by atoms with Crippen molar-refractivity contribution in [3.8, 4) is 0 Å². The maximum Gasteiger partial charge on any atom is 0.0489 e. The lowest BCUT2D eigenvalue weighted by molar-refractivity contribution is 0.108. The molecule has 2 nitrogen and oxygen atoms in total. The van der Waals surface area contributed by atoms with Gasteiger partial charge in [-0.25, -0.2) is 0 Å². The van der Waals surface area contributed by atoms with Gasteiger partial charge >= 0.3 is 0 Å². The molecule has 1 rings (SSSR count). The molecule has 1 unspecified atom stereocenters. The monoisotopic (exact) mass is 277 g/mol. The van der Waals surface area contributed by atoms with Crippen molar-refractivity contribution in [3.63, 3.8) is 0 Å². The van der Waals surface area contributed by atoms with Gasteiger partial charge in [0.05, 0.1) is 0 Å². The maximum atomic E-state index is 5.59. The molecule has 0 saturated heterocycles. The summed E-state index contributed by atoms with van der Waals surface area (Å²) in [5.74, 6) is 1.88. The highest BCUT2D eigenvalue weighted by atomic mass is 16.5. The molecule has 1 atom stereocenters. The lowest BCUT2D eigenvalue weighted by Crippen LogP contribution is -2.26. The van der Waals surface area contributed by atoms with Crippen LogP contribution in [0.3, 0.4) is 0 Å². The Kier molecular flexibility index (Phi) is 8.56. The Balaban J connectivity index is 2.21. The number of benzene rings is 1. The second-order valence-electron chi connectivity index (χ2n) is 6.29. The second kappa shape index (κ2) is 9.95. The predicted molar refractivity (Wildman–Crippen MR) is 87.2 cm³/mol. The van der Waals surface area contributed by atoms with Gasteiger partial charge in [0.25, 0.3) is 0 Å². The Morgan fingerprint density at radius 3 is 2.35 bits per heavy atom. The summed E-state index contributed by atoms with van der Waals surface area (Å²) in [5, 5.41) is 3.57. The van der Waals surface area contributed by atoms with Crippen molar-refractivity contribution >= 4 is 0 Å². The van der Waals surface area contributed by atoms with E-state index in [-0.39, 0.29) is 0 Å². The Hall–Kier alpha value is -0.860. The highest BCUT2D eigenvalue weighted by Gasteiger charge is 2.14. The molecule has 0 radical (unpaired) electrons. The third-order valence-electron chi connectivity index (χ3n) is 3.49. The first-order chi connectivity index (χ1) is 9.61. The number of hydrogen-bond acceptors (Lipinski definition) is 2. The largest absolute Gasteiger partial charge is 0.381 e. The highest BCUT2D eigenvalue weighted by Crippen LogP contribution is 2.23. The Morgan fingerprint density at radius 2 is 1.75 bits per heavy atom. The fourth-order valence-corrected chi connectivity index (χ4v) is 2.31. The molecule has 0 saturated carbocycles. The summed E-state index contributed by atoms with van der Waals surface area (Å²) >= 11 is 0. The van der Waals surface area contributed by atoms with Crippen LogP contribution in [0.25, 0.3) is 0 Å². The molecule has 0 aliphatic heterocycles. The van der Waals surface area contributed by atoms with Crippen LogP contribution in [0.5, 0.6) is 0 Å². The molecule has 2 heteroatoms. The van der Waals surface area contributed by atoms with Crippen molar-refractivity contribution in [2.45, 2.75) is 40.0 Å². The van der Waals surface area contributed by atoms with E-state index >= 15 is 0 Å². The number of rotatable bonds is 10. The van der Waals surface area contributed by atoms with Gasteiger partial charge in [-0.05, 0) is 36.3 Å². The van der Waals surface area contributed by atoms with Crippen LogP contribution in [0, 0.1) is 11.8 Å². The van der Waals surface area contributed by atoms with Crippen LogP contribution in [0.4, 0.5) is 0 Å². The van der Waals surface area contributed by atoms with E-state index in [4.69, 9.17) is 4.74 Å². The van der Waals surface area contributed by atoms with Crippen molar-refractivity contribution in [1.29, 1.82) is 0 Å². The quantitative estimate of drug-likeness (QED) is 0.651. The summed E-state index contributed by atoms with van der Waals surface area (Å²) in [6.45, 7) is 12.8. The summed E-state index contributed by atoms with van der Waals surface area (Å²) in [7, 11) is 0. The van der Waals surface area contributed by atoms with Crippen LogP contribution in [-0.4, -0.2) is 26.3 Å². The summed E-state index contributed by atoms with van der Waals surface area (Å²) in [4.78, 5) is 0. The van der Waals surface area contributed by atoms with Crippen LogP contribution < -0.4 is 5.32 Å². The molecular weight excluding hydrogens is 246 g/mol. The molecule has 0 aliphatic rings. The van der Waals surface area contributed by atoms with Gasteiger partial charge in [0.1, 0.15) is 0 Å². The van der Waals surface area contributed by atoms with Gasteiger partial charge < -0.3 is 10.1 Å². The van der Waals surface area contributed by atoms with Gasteiger partial charge in [-0.3, -0.25) is 0 Å². The summed E-state index contributed by atoms with van der Waals surface area (Å²) in [6.07, 6.45) is 1.09. The van der Waals surface area contributed by atoms with E-state index in [1.807, 2.05) is 0 Å². The Bertz CT molecular complexity index is 335. The summed E-state index contributed by atoms with van der Waals surface area (Å²) in [6, 6.07) is 10.8. The summed E-state index contributed by atoms with van der Waals surface area (Å²) < 4.78 is 5.59. The van der Waals surface area contributed by atoms with E-state index in [0.29, 0.717) is 17.8 Å². The zero-order valence-corrected chi connectivity index (χ0v) is 13.6. The molecule has 0 aliphatic carbocycles. The van der Waals surface area contributed by atoms with Gasteiger partial charge in [0.15, 0.2) is 0 Å². The van der Waals surface area contributed by atoms with E-state index < -0.39 is 0 Å². The molecule has 20 heavy (non-hydrogen) atoms. The second-order valence-corrected chi connectivity index (χ2v) is 6.29. The van der Waals surface area contributed by atoms with Gasteiger partial charge in [-0.15, -0.1) is 0 Å². The molecule has 0 aromatic heterocycles. The van der Waals surface area contributed by atoms with Crippen molar-refractivity contribution < 1.29 is 4.74 Å². The van der Waals surface area contributed by atoms with Crippen LogP contribution in [0.15, 0.2) is 30.3 Å². The number of ether oxygens (including phenoxy) is 1. The minimum absolute atomic E-state index is 0.591. The van der Waals surface area contributed by atoms with Gasteiger partial charge in [0.2, 0.25) is 0 Å². The molecule has 1 aromatic rings. The third kappa shape index (κ3) is 7.06. The minimum Gasteiger partial charge on any atom is -0.381 e. The van der Waals surface area contributed by atoms with E-state index in [1.165, 1.54) is 5.56 Å². The standard InChI is InChI=1S/C18H31NO/c1-15(2)14-20-12-8-11-19-13-18(16(3)4)17-9-6-5-7-10-17/h5-7,9-10,15-16,18-19H,8,11-14H2,1-4H3. The molecule has 0 fully saturated rings. The molecule has 1 aromatic carbocycles. The molecule has 114 valence electrons. The maximum absolute atomic E-state index is 5.59. The van der Waals surface area contributed by atoms with Gasteiger partial charge in [-0.2, -0.15) is 0 Å². The first-order valence-electron chi connectivity index (χ1n) is 7.94. The van der Waals surface area contributed by atoms with Gasteiger partial charge in [0, 0.05) is 19.8 Å². The average molecular weight is 277 g/mol. The zero-order chi connectivity index (χ0) is 14.8. The first-order valence-corrected chi connectivity index (χ1v) is 7.94. The SMILES string of the molecule is CC(C)COCCCNCC(c1ccccc1)C(C)C. The normalized spacial score (nSPS) is 13.1. The Morgan fingerprint density at radius 1 is 1.05 bits per heavy atom. The predicted octanol–water partition coefficient (Wildman–Crippen LogP) is 4.08. The highest BCUT2D eigenvalue weighted by molar-refractivity contribution is 5.20. The van der Waals surface area contributed by atoms with Crippen LogP contribution >= 0.6 is 0 Å². The van der Waals surface area contributed by atoms with Crippen molar-refractivity contribution in [1.82, 2.24) is 5.32 Å². The molecule has 0 amide bonds. The lowest BCUT2D eigenvalue weighted by atomic mass is 9.88. The first kappa shape index (κ1) is 17.2. The Labute approximate surface area is 124 Å². The van der Waals surface area contributed by atoms with E-state index in [1.54, 1.807) is 0 Å². The molecule has 0 heterocycles. The number of nitrogens with one attached hydrogen (secondary N) is 1. The van der Waals surface area contributed by atoms with Crippen LogP contribution in [-0.2, 0) is 4.74 Å². The number of hydrogen-bond donors (Lipinski definition) is 1. The smallest absolute Gasteiger partial charge is 0.0489 e. The molecule has 1 N–H and O–H groups in total. The van der Waals surface area contributed by atoms with E-state index in [9.17, 15) is 0 Å². The molecular formula is C18H31NO. The van der Waals surface area contributed by atoms with E-state index in [0.717, 1.165) is 32.7 Å². The topological polar surface area (TPSA) is 21.3 Å². The van der Waals surface area contributed by atoms with Gasteiger partial charge in [-0.1, -0.05) is 58.0 Å². The lowest BCUT2D eigenvalue weighted by Gasteiger charge is -2.22. The van der Waals surface area contributed by atoms with Crippen LogP contribution in [0.2, 0.25) is 0 Å². The fraction of sp³-hybridized carbons (Fsp3) is 0.667. The molecule has 0 bridgehead atoms. The third-order valence-corrected chi connectivity index (χ3v) is 3.49. The van der Waals surface area contributed by atoms with E-state index in [2.05, 4.69) is 63.3 Å². The average Bonchev–Trinajstić information content (AvgIpc) is 2.42. The van der Waals surface area contributed by atoms with Crippen molar-refractivity contribution in [2.24, 2.45) is 11.8 Å².